The van der Waals surface area contributed by atoms with E-state index < -0.39 is 5.41 Å². The molecule has 0 aliphatic heterocycles. The number of rotatable bonds is 13. The molecule has 1 aliphatic rings. The van der Waals surface area contributed by atoms with Gasteiger partial charge in [-0.25, -0.2) is 0 Å². The highest BCUT2D eigenvalue weighted by molar-refractivity contribution is 6.02. The Bertz CT molecular complexity index is 2940. The van der Waals surface area contributed by atoms with Gasteiger partial charge in [0.15, 0.2) is 0 Å². The van der Waals surface area contributed by atoms with Crippen LogP contribution in [0.4, 0.5) is 0 Å². The third kappa shape index (κ3) is 8.85. The van der Waals surface area contributed by atoms with Crippen molar-refractivity contribution >= 4 is 17.0 Å². The van der Waals surface area contributed by atoms with Gasteiger partial charge in [-0.2, -0.15) is 0 Å². The first kappa shape index (κ1) is 41.7. The van der Waals surface area contributed by atoms with Crippen LogP contribution in [-0.2, 0) is 11.8 Å². The van der Waals surface area contributed by atoms with E-state index in [2.05, 4.69) is 251 Å². The number of aryl methyl sites for hydroxylation is 1. The molecular formula is C63H53N. The van der Waals surface area contributed by atoms with Crippen LogP contribution in [0, 0.1) is 6.92 Å². The van der Waals surface area contributed by atoms with E-state index in [0.29, 0.717) is 0 Å². The molecule has 0 unspecified atom stereocenters. The van der Waals surface area contributed by atoms with Crippen LogP contribution < -0.4 is 0 Å². The molecule has 0 radical (unpaired) electrons. The van der Waals surface area contributed by atoms with Crippen LogP contribution >= 0.6 is 0 Å². The Balaban J connectivity index is 1.02. The van der Waals surface area contributed by atoms with E-state index in [4.69, 9.17) is 4.99 Å². The lowest BCUT2D eigenvalue weighted by Crippen LogP contribution is -2.32. The van der Waals surface area contributed by atoms with Crippen LogP contribution in [0.2, 0.25) is 0 Å². The number of benzene rings is 8. The van der Waals surface area contributed by atoms with E-state index in [9.17, 15) is 0 Å². The van der Waals surface area contributed by atoms with Gasteiger partial charge in [0.05, 0.1) is 11.1 Å². The molecule has 8 aromatic carbocycles. The third-order valence-electron chi connectivity index (χ3n) is 12.7. The van der Waals surface area contributed by atoms with Gasteiger partial charge in [-0.05, 0) is 112 Å². The van der Waals surface area contributed by atoms with Crippen LogP contribution in [0.25, 0.3) is 33.5 Å². The molecule has 0 heterocycles. The fraction of sp³-hybridized carbons (Fsp3) is 0.0952. The Morgan fingerprint density at radius 2 is 1.08 bits per heavy atom. The topological polar surface area (TPSA) is 12.4 Å². The van der Waals surface area contributed by atoms with Crippen molar-refractivity contribution in [1.29, 1.82) is 0 Å². The minimum atomic E-state index is -0.426. The molecular weight excluding hydrogens is 771 g/mol. The largest absolute Gasteiger partial charge is 0.252 e. The maximum Gasteiger partial charge on any atom is 0.0711 e. The highest BCUT2D eigenvalue weighted by Crippen LogP contribution is 2.47. The van der Waals surface area contributed by atoms with Gasteiger partial charge < -0.3 is 0 Å². The Morgan fingerprint density at radius 1 is 0.547 bits per heavy atom. The van der Waals surface area contributed by atoms with Gasteiger partial charge in [0.25, 0.3) is 0 Å². The molecule has 0 N–H and O–H groups in total. The summed E-state index contributed by atoms with van der Waals surface area (Å²) in [5, 5.41) is 0. The van der Waals surface area contributed by atoms with Crippen molar-refractivity contribution in [2.45, 2.75) is 38.5 Å². The van der Waals surface area contributed by atoms with Crippen LogP contribution in [0.1, 0.15) is 69.8 Å². The monoisotopic (exact) mass is 823 g/mol. The molecule has 8 aromatic rings. The van der Waals surface area contributed by atoms with Crippen molar-refractivity contribution in [3.05, 3.63) is 299 Å². The summed E-state index contributed by atoms with van der Waals surface area (Å²) in [6, 6.07) is 76.6. The van der Waals surface area contributed by atoms with Gasteiger partial charge in [0.1, 0.15) is 0 Å². The van der Waals surface area contributed by atoms with Crippen molar-refractivity contribution < 1.29 is 0 Å². The Morgan fingerprint density at radius 3 is 1.69 bits per heavy atom. The molecule has 0 aromatic heterocycles. The summed E-state index contributed by atoms with van der Waals surface area (Å²) >= 11 is 0. The van der Waals surface area contributed by atoms with E-state index in [-0.39, 0.29) is 0 Å². The first-order valence-corrected chi connectivity index (χ1v) is 22.4. The molecule has 1 heteroatoms. The minimum Gasteiger partial charge on any atom is -0.252 e. The van der Waals surface area contributed by atoms with Gasteiger partial charge in [0.2, 0.25) is 0 Å². The number of aliphatic imine (C=N–C) groups is 1. The summed E-state index contributed by atoms with van der Waals surface area (Å²) in [6.07, 6.45) is 11.8. The molecule has 64 heavy (non-hydrogen) atoms. The zero-order valence-corrected chi connectivity index (χ0v) is 36.8. The number of hydrogen-bond donors (Lipinski definition) is 0. The maximum absolute atomic E-state index is 5.37. The second kappa shape index (κ2) is 19.2. The summed E-state index contributed by atoms with van der Waals surface area (Å²) in [6.45, 7) is 8.78. The standard InChI is InChI=1S/C63H53N/c1-46-20-16-18-30-60(46)61-31-19-17-23-55(61)45-49-32-34-52(35-33-49)53-36-38-54(39-37-53)62(44-47(2)50-21-8-4-9-22-50)64-48(3)51-40-42-59(43-41-51)63(56-24-10-5-11-25-56,57-26-12-6-13-27-57)58-28-14-7-15-29-58/h4-14,16-28,30-44H,2,15,29,45H2,1,3H3/b62-44-,64-48?. The van der Waals surface area contributed by atoms with Gasteiger partial charge >= 0.3 is 0 Å². The van der Waals surface area contributed by atoms with Crippen molar-refractivity contribution in [3.8, 4) is 22.3 Å². The van der Waals surface area contributed by atoms with E-state index in [1.165, 1.54) is 55.6 Å². The summed E-state index contributed by atoms with van der Waals surface area (Å²) in [7, 11) is 0. The molecule has 310 valence electrons. The first-order chi connectivity index (χ1) is 31.5. The first-order valence-electron chi connectivity index (χ1n) is 22.4. The van der Waals surface area contributed by atoms with Gasteiger partial charge in [0, 0.05) is 11.3 Å². The van der Waals surface area contributed by atoms with Crippen LogP contribution in [0.15, 0.2) is 254 Å². The molecule has 9 rings (SSSR count). The van der Waals surface area contributed by atoms with Crippen molar-refractivity contribution in [1.82, 2.24) is 0 Å². The summed E-state index contributed by atoms with van der Waals surface area (Å²) in [5.74, 6) is 0. The fourth-order valence-electron chi connectivity index (χ4n) is 9.32. The fourth-order valence-corrected chi connectivity index (χ4v) is 9.32. The molecule has 0 fully saturated rings. The van der Waals surface area contributed by atoms with E-state index >= 15 is 0 Å². The zero-order chi connectivity index (χ0) is 43.7. The molecule has 0 saturated heterocycles. The lowest BCUT2D eigenvalue weighted by molar-refractivity contribution is 0.676. The molecule has 1 nitrogen and oxygen atoms in total. The molecule has 0 atom stereocenters. The number of allylic oxidation sites excluding steroid dienone is 6. The SMILES string of the molecule is C=C(/C=C(\N=C(C)c1ccc(C(C2=CC=CCC2)(c2ccccc2)c2ccccc2)cc1)c1ccc(-c2ccc(Cc3ccccc3-c3ccccc3C)cc2)cc1)c1ccccc1. The zero-order valence-electron chi connectivity index (χ0n) is 36.8. The smallest absolute Gasteiger partial charge is 0.0711 e. The van der Waals surface area contributed by atoms with Crippen LogP contribution in [0.5, 0.6) is 0 Å². The molecule has 0 spiro atoms. The highest BCUT2D eigenvalue weighted by atomic mass is 14.8. The molecule has 1 aliphatic carbocycles. The van der Waals surface area contributed by atoms with Crippen molar-refractivity contribution in [3.63, 3.8) is 0 Å². The third-order valence-corrected chi connectivity index (χ3v) is 12.7. The van der Waals surface area contributed by atoms with E-state index in [1.54, 1.807) is 0 Å². The van der Waals surface area contributed by atoms with Gasteiger partial charge in [-0.3, -0.25) is 4.99 Å². The maximum atomic E-state index is 5.37. The number of nitrogens with zero attached hydrogens (tertiary/aromatic N) is 1. The van der Waals surface area contributed by atoms with Crippen LogP contribution in [0.3, 0.4) is 0 Å². The average molecular weight is 824 g/mol. The van der Waals surface area contributed by atoms with Gasteiger partial charge in [-0.1, -0.05) is 243 Å². The Labute approximate surface area is 379 Å². The van der Waals surface area contributed by atoms with Gasteiger partial charge in [-0.15, -0.1) is 0 Å². The Hall–Kier alpha value is -7.61. The second-order valence-corrected chi connectivity index (χ2v) is 16.8. The summed E-state index contributed by atoms with van der Waals surface area (Å²) in [4.78, 5) is 5.37. The average Bonchev–Trinajstić information content (AvgIpc) is 3.36. The quantitative estimate of drug-likeness (QED) is 0.0624. The highest BCUT2D eigenvalue weighted by Gasteiger charge is 2.39. The predicted octanol–water partition coefficient (Wildman–Crippen LogP) is 16.1. The molecule has 0 saturated carbocycles. The predicted molar refractivity (Wildman–Crippen MR) is 273 cm³/mol. The minimum absolute atomic E-state index is 0.426. The summed E-state index contributed by atoms with van der Waals surface area (Å²) < 4.78 is 0. The second-order valence-electron chi connectivity index (χ2n) is 16.8. The lowest BCUT2D eigenvalue weighted by Gasteiger charge is -2.39. The van der Waals surface area contributed by atoms with Crippen molar-refractivity contribution in [2.75, 3.05) is 0 Å². The lowest BCUT2D eigenvalue weighted by atomic mass is 9.63. The Kier molecular flexibility index (Phi) is 12.5. The van der Waals surface area contributed by atoms with E-state index in [1.807, 2.05) is 6.07 Å². The molecule has 0 bridgehead atoms. The van der Waals surface area contributed by atoms with E-state index in [0.717, 1.165) is 58.5 Å². The normalized spacial score (nSPS) is 13.1. The van der Waals surface area contributed by atoms with Crippen molar-refractivity contribution in [2.24, 2.45) is 4.99 Å². The van der Waals surface area contributed by atoms with Crippen LogP contribution in [-0.4, -0.2) is 5.71 Å². The molecule has 0 amide bonds. The summed E-state index contributed by atoms with van der Waals surface area (Å²) in [5.41, 5.74) is 19.5. The number of hydrogen-bond acceptors (Lipinski definition) is 1.